The summed E-state index contributed by atoms with van der Waals surface area (Å²) in [4.78, 5) is 23.3. The fourth-order valence-electron chi connectivity index (χ4n) is 3.66. The van der Waals surface area contributed by atoms with Gasteiger partial charge in [0, 0.05) is 17.2 Å². The molecule has 0 heterocycles. The van der Waals surface area contributed by atoms with Crippen LogP contribution in [0.2, 0.25) is 0 Å². The molecule has 0 fully saturated rings. The Morgan fingerprint density at radius 2 is 1.60 bits per heavy atom. The van der Waals surface area contributed by atoms with Crippen molar-refractivity contribution in [2.45, 2.75) is 11.8 Å². The van der Waals surface area contributed by atoms with E-state index in [-0.39, 0.29) is 16.3 Å². The number of methoxy groups -OCH3 is 4. The second-order valence-electron chi connectivity index (χ2n) is 8.17. The zero-order valence-electron chi connectivity index (χ0n) is 22.4. The first-order valence-corrected chi connectivity index (χ1v) is 13.0. The first kappa shape index (κ1) is 29.7. The molecular formula is C26H28N4O9S. The van der Waals surface area contributed by atoms with Gasteiger partial charge in [0.15, 0.2) is 11.5 Å². The van der Waals surface area contributed by atoms with Gasteiger partial charge in [-0.15, -0.1) is 0 Å². The topological polar surface area (TPSA) is 159 Å². The quantitative estimate of drug-likeness (QED) is 0.195. The molecule has 0 radical (unpaired) electrons. The molecule has 0 aromatic heterocycles. The highest BCUT2D eigenvalue weighted by Crippen LogP contribution is 2.37. The van der Waals surface area contributed by atoms with Gasteiger partial charge in [0.25, 0.3) is 21.6 Å². The maximum atomic E-state index is 13.6. The van der Waals surface area contributed by atoms with E-state index in [0.717, 1.165) is 10.4 Å². The number of nitrogens with one attached hydrogen (secondary N) is 1. The smallest absolute Gasteiger partial charge is 0.273 e. The molecule has 3 aromatic carbocycles. The second-order valence-corrected chi connectivity index (χ2v) is 10.0. The Morgan fingerprint density at radius 3 is 2.12 bits per heavy atom. The highest BCUT2D eigenvalue weighted by atomic mass is 32.2. The number of amides is 1. The van der Waals surface area contributed by atoms with Crippen molar-refractivity contribution in [3.05, 3.63) is 75.8 Å². The van der Waals surface area contributed by atoms with Crippen LogP contribution in [-0.4, -0.2) is 60.4 Å². The lowest BCUT2D eigenvalue weighted by Gasteiger charge is -2.24. The van der Waals surface area contributed by atoms with Gasteiger partial charge in [-0.1, -0.05) is 6.07 Å². The van der Waals surface area contributed by atoms with Gasteiger partial charge < -0.3 is 18.9 Å². The SMILES string of the molecule is COc1ccc(N(CC(=O)N/N=C\c2cc(OC)c(OC)c(OC)c2)S(=O)(=O)c2ccc(C)c([N+](=O)[O-])c2)cc1. The number of aryl methyl sites for hydroxylation is 1. The van der Waals surface area contributed by atoms with Crippen LogP contribution in [0.5, 0.6) is 23.0 Å². The lowest BCUT2D eigenvalue weighted by Crippen LogP contribution is -2.39. The van der Waals surface area contributed by atoms with Crippen LogP contribution in [0, 0.1) is 17.0 Å². The summed E-state index contributed by atoms with van der Waals surface area (Å²) in [7, 11) is 1.41. The van der Waals surface area contributed by atoms with Gasteiger partial charge in [-0.3, -0.25) is 19.2 Å². The van der Waals surface area contributed by atoms with Gasteiger partial charge in [-0.25, -0.2) is 13.8 Å². The average molecular weight is 573 g/mol. The van der Waals surface area contributed by atoms with Gasteiger partial charge in [-0.2, -0.15) is 5.10 Å². The van der Waals surface area contributed by atoms with Crippen molar-refractivity contribution in [3.63, 3.8) is 0 Å². The van der Waals surface area contributed by atoms with Gasteiger partial charge in [0.1, 0.15) is 12.3 Å². The van der Waals surface area contributed by atoms with Crippen molar-refractivity contribution in [1.82, 2.24) is 5.43 Å². The van der Waals surface area contributed by atoms with Crippen LogP contribution in [0.25, 0.3) is 0 Å². The van der Waals surface area contributed by atoms with Crippen LogP contribution in [0.4, 0.5) is 11.4 Å². The van der Waals surface area contributed by atoms with Crippen molar-refractivity contribution in [2.75, 3.05) is 39.3 Å². The molecule has 0 saturated carbocycles. The zero-order chi connectivity index (χ0) is 29.4. The van der Waals surface area contributed by atoms with Crippen molar-refractivity contribution < 1.29 is 37.1 Å². The molecular weight excluding hydrogens is 544 g/mol. The molecule has 0 saturated heterocycles. The highest BCUT2D eigenvalue weighted by Gasteiger charge is 2.29. The van der Waals surface area contributed by atoms with E-state index < -0.39 is 27.4 Å². The number of benzene rings is 3. The number of nitro benzene ring substituents is 1. The maximum absolute atomic E-state index is 13.6. The lowest BCUT2D eigenvalue weighted by molar-refractivity contribution is -0.385. The molecule has 1 N–H and O–H groups in total. The number of carbonyl (C=O) groups excluding carboxylic acids is 1. The number of nitrogens with zero attached hydrogens (tertiary/aromatic N) is 3. The number of hydrogen-bond donors (Lipinski definition) is 1. The Hall–Kier alpha value is -4.85. The van der Waals surface area contributed by atoms with Crippen LogP contribution in [0.3, 0.4) is 0 Å². The minimum absolute atomic E-state index is 0.132. The van der Waals surface area contributed by atoms with E-state index in [2.05, 4.69) is 10.5 Å². The molecule has 14 heteroatoms. The number of hydrazone groups is 1. The van der Waals surface area contributed by atoms with E-state index in [4.69, 9.17) is 18.9 Å². The Morgan fingerprint density at radius 1 is 0.975 bits per heavy atom. The number of hydrogen-bond acceptors (Lipinski definition) is 10. The molecule has 0 aliphatic heterocycles. The molecule has 0 aliphatic rings. The fourth-order valence-corrected chi connectivity index (χ4v) is 5.10. The third-order valence-corrected chi connectivity index (χ3v) is 7.47. The van der Waals surface area contributed by atoms with Gasteiger partial charge in [0.05, 0.1) is 50.2 Å². The fraction of sp³-hybridized carbons (Fsp3) is 0.231. The van der Waals surface area contributed by atoms with E-state index in [1.807, 2.05) is 0 Å². The molecule has 0 unspecified atom stereocenters. The summed E-state index contributed by atoms with van der Waals surface area (Å²) in [5, 5.41) is 15.3. The summed E-state index contributed by atoms with van der Waals surface area (Å²) in [6.45, 7) is 0.818. The standard InChI is InChI=1S/C26H28N4O9S/c1-17-6-11-21(14-22(17)30(32)33)40(34,35)29(19-7-9-20(36-2)10-8-19)16-25(31)28-27-15-18-12-23(37-3)26(39-5)24(13-18)38-4/h6-15H,16H2,1-5H3,(H,28,31)/b27-15-. The molecule has 0 aliphatic carbocycles. The van der Waals surface area contributed by atoms with Crippen molar-refractivity contribution >= 4 is 33.5 Å². The summed E-state index contributed by atoms with van der Waals surface area (Å²) >= 11 is 0. The molecule has 3 aromatic rings. The molecule has 0 spiro atoms. The summed E-state index contributed by atoms with van der Waals surface area (Å²) in [6.07, 6.45) is 1.32. The Labute approximate surface area is 231 Å². The maximum Gasteiger partial charge on any atom is 0.273 e. The minimum atomic E-state index is -4.42. The summed E-state index contributed by atoms with van der Waals surface area (Å²) in [5.41, 5.74) is 2.86. The van der Waals surface area contributed by atoms with Gasteiger partial charge in [0.2, 0.25) is 5.75 Å². The Kier molecular flexibility index (Phi) is 9.50. The molecule has 40 heavy (non-hydrogen) atoms. The molecule has 212 valence electrons. The molecule has 13 nitrogen and oxygen atoms in total. The van der Waals surface area contributed by atoms with Crippen molar-refractivity contribution in [1.29, 1.82) is 0 Å². The predicted molar refractivity (Wildman–Crippen MR) is 147 cm³/mol. The second kappa shape index (κ2) is 12.8. The van der Waals surface area contributed by atoms with E-state index in [1.165, 1.54) is 78.0 Å². The normalized spacial score (nSPS) is 11.1. The lowest BCUT2D eigenvalue weighted by atomic mass is 10.2. The van der Waals surface area contributed by atoms with E-state index in [0.29, 0.717) is 34.1 Å². The number of rotatable bonds is 12. The third kappa shape index (κ3) is 6.58. The number of nitro groups is 1. The predicted octanol–water partition coefficient (Wildman–Crippen LogP) is 3.28. The van der Waals surface area contributed by atoms with Gasteiger partial charge in [-0.05, 0) is 49.4 Å². The number of carbonyl (C=O) groups is 1. The number of ether oxygens (including phenoxy) is 4. The number of anilines is 1. The molecule has 0 bridgehead atoms. The van der Waals surface area contributed by atoms with Crippen molar-refractivity contribution in [3.8, 4) is 23.0 Å². The van der Waals surface area contributed by atoms with Crippen LogP contribution in [-0.2, 0) is 14.8 Å². The Balaban J connectivity index is 1.91. The third-order valence-electron chi connectivity index (χ3n) is 5.70. The number of sulfonamides is 1. The minimum Gasteiger partial charge on any atom is -0.497 e. The van der Waals surface area contributed by atoms with Gasteiger partial charge >= 0.3 is 0 Å². The molecule has 1 amide bonds. The summed E-state index contributed by atoms with van der Waals surface area (Å²) < 4.78 is 49.1. The van der Waals surface area contributed by atoms with Crippen molar-refractivity contribution in [2.24, 2.45) is 5.10 Å². The average Bonchev–Trinajstić information content (AvgIpc) is 2.95. The van der Waals surface area contributed by atoms with E-state index >= 15 is 0 Å². The summed E-state index contributed by atoms with van der Waals surface area (Å²) in [6, 6.07) is 12.7. The zero-order valence-corrected chi connectivity index (χ0v) is 23.2. The van der Waals surface area contributed by atoms with Crippen LogP contribution >= 0.6 is 0 Å². The first-order valence-electron chi connectivity index (χ1n) is 11.6. The summed E-state index contributed by atoms with van der Waals surface area (Å²) in [5.74, 6) is 0.816. The highest BCUT2D eigenvalue weighted by molar-refractivity contribution is 7.92. The van der Waals surface area contributed by atoms with Crippen LogP contribution in [0.15, 0.2) is 64.6 Å². The monoisotopic (exact) mass is 572 g/mol. The van der Waals surface area contributed by atoms with Crippen LogP contribution < -0.4 is 28.7 Å². The first-order chi connectivity index (χ1) is 19.0. The van der Waals surface area contributed by atoms with Crippen LogP contribution in [0.1, 0.15) is 11.1 Å². The van der Waals surface area contributed by atoms with E-state index in [9.17, 15) is 23.3 Å². The van der Waals surface area contributed by atoms with E-state index in [1.54, 1.807) is 12.1 Å². The Bertz CT molecular complexity index is 1500. The molecule has 3 rings (SSSR count). The molecule has 0 atom stereocenters. The largest absolute Gasteiger partial charge is 0.497 e.